The number of hydrogen-bond donors (Lipinski definition) is 2. The van der Waals surface area contributed by atoms with E-state index in [4.69, 9.17) is 23.2 Å². The van der Waals surface area contributed by atoms with Crippen LogP contribution in [-0.4, -0.2) is 80.5 Å². The number of nitrogens with one attached hydrogen (secondary N) is 2. The molecular formula is C26H31Cl2FN4O4S. The summed E-state index contributed by atoms with van der Waals surface area (Å²) in [7, 11) is -3.33. The molecule has 1 saturated heterocycles. The van der Waals surface area contributed by atoms with Crippen molar-refractivity contribution >= 4 is 45.0 Å². The van der Waals surface area contributed by atoms with Crippen molar-refractivity contribution in [1.29, 1.82) is 0 Å². The van der Waals surface area contributed by atoms with Crippen molar-refractivity contribution in [2.24, 2.45) is 0 Å². The molecule has 0 spiro atoms. The van der Waals surface area contributed by atoms with Crippen LogP contribution in [0.2, 0.25) is 10.0 Å². The minimum Gasteiger partial charge on any atom is -0.340 e. The molecule has 0 bridgehead atoms. The Kier molecular flexibility index (Phi) is 9.31. The molecule has 4 rings (SSSR count). The standard InChI is InChI=1S/C26H31Cl2FN4O4S/c1-38(36,37)33-13-11-32(12-14-33)26(35)23(31-25(34)18-6-9-21(27)22(28)15-18)3-2-10-30-24-16-20(24)17-4-7-19(29)8-5-17/h4-9,15,20,23-24,30H,2-3,10-14,16H2,1H3,(H,31,34). The summed E-state index contributed by atoms with van der Waals surface area (Å²) in [5.74, 6) is -0.603. The van der Waals surface area contributed by atoms with Gasteiger partial charge in [0.25, 0.3) is 5.91 Å². The van der Waals surface area contributed by atoms with Gasteiger partial charge in [-0.1, -0.05) is 35.3 Å². The van der Waals surface area contributed by atoms with E-state index in [1.54, 1.807) is 23.1 Å². The van der Waals surface area contributed by atoms with Gasteiger partial charge in [-0.05, 0) is 61.7 Å². The molecule has 0 aromatic heterocycles. The molecule has 12 heteroatoms. The highest BCUT2D eigenvalue weighted by Gasteiger charge is 2.38. The van der Waals surface area contributed by atoms with Gasteiger partial charge in [-0.2, -0.15) is 4.31 Å². The molecule has 2 aromatic carbocycles. The summed E-state index contributed by atoms with van der Waals surface area (Å²) < 4.78 is 38.2. The van der Waals surface area contributed by atoms with Crippen molar-refractivity contribution in [1.82, 2.24) is 19.8 Å². The first-order valence-corrected chi connectivity index (χ1v) is 15.1. The van der Waals surface area contributed by atoms with Crippen LogP contribution >= 0.6 is 23.2 Å². The number of sulfonamides is 1. The predicted molar refractivity (Wildman–Crippen MR) is 145 cm³/mol. The van der Waals surface area contributed by atoms with Gasteiger partial charge < -0.3 is 15.5 Å². The summed E-state index contributed by atoms with van der Waals surface area (Å²) >= 11 is 12.0. The second-order valence-corrected chi connectivity index (χ2v) is 12.5. The zero-order chi connectivity index (χ0) is 27.4. The van der Waals surface area contributed by atoms with Crippen LogP contribution in [0.5, 0.6) is 0 Å². The lowest BCUT2D eigenvalue weighted by atomic mass is 10.1. The van der Waals surface area contributed by atoms with E-state index in [-0.39, 0.29) is 48.5 Å². The fraction of sp³-hybridized carbons (Fsp3) is 0.462. The third-order valence-electron chi connectivity index (χ3n) is 6.97. The average molecular weight is 586 g/mol. The lowest BCUT2D eigenvalue weighted by Gasteiger charge is -2.35. The fourth-order valence-corrected chi connectivity index (χ4v) is 5.81. The number of carbonyl (C=O) groups is 2. The SMILES string of the molecule is CS(=O)(=O)N1CCN(C(=O)C(CCCNC2CC2c2ccc(F)cc2)NC(=O)c2ccc(Cl)c(Cl)c2)CC1. The molecule has 0 radical (unpaired) electrons. The van der Waals surface area contributed by atoms with Crippen molar-refractivity contribution in [3.63, 3.8) is 0 Å². The normalized spacial score (nSPS) is 20.7. The van der Waals surface area contributed by atoms with Gasteiger partial charge in [-0.25, -0.2) is 12.8 Å². The molecule has 38 heavy (non-hydrogen) atoms. The number of nitrogens with zero attached hydrogens (tertiary/aromatic N) is 2. The first-order chi connectivity index (χ1) is 18.0. The summed E-state index contributed by atoms with van der Waals surface area (Å²) in [5, 5.41) is 6.88. The summed E-state index contributed by atoms with van der Waals surface area (Å²) in [6.07, 6.45) is 3.15. The summed E-state index contributed by atoms with van der Waals surface area (Å²) in [5.41, 5.74) is 1.39. The molecule has 2 aliphatic rings. The van der Waals surface area contributed by atoms with E-state index in [9.17, 15) is 22.4 Å². The first-order valence-electron chi connectivity index (χ1n) is 12.5. The van der Waals surface area contributed by atoms with Crippen LogP contribution in [0.3, 0.4) is 0 Å². The minimum absolute atomic E-state index is 0.214. The minimum atomic E-state index is -3.33. The van der Waals surface area contributed by atoms with E-state index in [1.165, 1.54) is 28.6 Å². The van der Waals surface area contributed by atoms with E-state index < -0.39 is 22.0 Å². The molecule has 2 fully saturated rings. The molecule has 1 aliphatic carbocycles. The maximum atomic E-state index is 13.4. The molecule has 2 aromatic rings. The van der Waals surface area contributed by atoms with Crippen molar-refractivity contribution in [3.05, 3.63) is 69.5 Å². The summed E-state index contributed by atoms with van der Waals surface area (Å²) in [6, 6.07) is 10.6. The van der Waals surface area contributed by atoms with Gasteiger partial charge in [0.1, 0.15) is 11.9 Å². The Labute approximate surface area is 232 Å². The van der Waals surface area contributed by atoms with E-state index in [1.807, 2.05) is 0 Å². The van der Waals surface area contributed by atoms with Gasteiger partial charge >= 0.3 is 0 Å². The number of amides is 2. The zero-order valence-electron chi connectivity index (χ0n) is 21.0. The topological polar surface area (TPSA) is 98.8 Å². The van der Waals surface area contributed by atoms with E-state index in [2.05, 4.69) is 10.6 Å². The molecule has 1 heterocycles. The highest BCUT2D eigenvalue weighted by Crippen LogP contribution is 2.40. The Morgan fingerprint density at radius 2 is 1.74 bits per heavy atom. The van der Waals surface area contributed by atoms with E-state index in [0.29, 0.717) is 36.4 Å². The van der Waals surface area contributed by atoms with Gasteiger partial charge in [0.2, 0.25) is 15.9 Å². The van der Waals surface area contributed by atoms with Gasteiger partial charge in [0.05, 0.1) is 16.3 Å². The molecule has 1 aliphatic heterocycles. The maximum absolute atomic E-state index is 13.4. The smallest absolute Gasteiger partial charge is 0.251 e. The molecule has 3 atom stereocenters. The number of benzene rings is 2. The first kappa shape index (κ1) is 28.8. The second kappa shape index (κ2) is 12.3. The van der Waals surface area contributed by atoms with Crippen molar-refractivity contribution < 1.29 is 22.4 Å². The van der Waals surface area contributed by atoms with Crippen LogP contribution in [0.1, 0.15) is 41.1 Å². The Bertz CT molecular complexity index is 1270. The van der Waals surface area contributed by atoms with Crippen LogP contribution in [0, 0.1) is 5.82 Å². The van der Waals surface area contributed by atoms with Crippen LogP contribution < -0.4 is 10.6 Å². The molecule has 3 unspecified atom stereocenters. The number of rotatable bonds is 10. The van der Waals surface area contributed by atoms with Crippen molar-refractivity contribution in [2.45, 2.75) is 37.3 Å². The lowest BCUT2D eigenvalue weighted by Crippen LogP contribution is -2.55. The molecule has 1 saturated carbocycles. The monoisotopic (exact) mass is 584 g/mol. The number of hydrogen-bond acceptors (Lipinski definition) is 5. The Morgan fingerprint density at radius 3 is 2.37 bits per heavy atom. The molecule has 206 valence electrons. The number of carbonyl (C=O) groups excluding carboxylic acids is 2. The van der Waals surface area contributed by atoms with Gasteiger partial charge in [0.15, 0.2) is 0 Å². The van der Waals surface area contributed by atoms with Gasteiger partial charge in [-0.15, -0.1) is 0 Å². The number of piperazine rings is 1. The summed E-state index contributed by atoms with van der Waals surface area (Å²) in [6.45, 7) is 1.59. The second-order valence-electron chi connectivity index (χ2n) is 9.74. The third kappa shape index (κ3) is 7.45. The van der Waals surface area contributed by atoms with Crippen LogP contribution in [-0.2, 0) is 14.8 Å². The van der Waals surface area contributed by atoms with E-state index in [0.717, 1.165) is 18.2 Å². The molecule has 2 N–H and O–H groups in total. The Balaban J connectivity index is 1.34. The zero-order valence-corrected chi connectivity index (χ0v) is 23.3. The fourth-order valence-electron chi connectivity index (χ4n) is 4.69. The van der Waals surface area contributed by atoms with Crippen LogP contribution in [0.4, 0.5) is 4.39 Å². The lowest BCUT2D eigenvalue weighted by molar-refractivity contribution is -0.134. The summed E-state index contributed by atoms with van der Waals surface area (Å²) in [4.78, 5) is 27.9. The van der Waals surface area contributed by atoms with Crippen molar-refractivity contribution in [3.8, 4) is 0 Å². The maximum Gasteiger partial charge on any atom is 0.251 e. The van der Waals surface area contributed by atoms with E-state index >= 15 is 0 Å². The predicted octanol–water partition coefficient (Wildman–Crippen LogP) is 3.26. The number of halogens is 3. The quantitative estimate of drug-likeness (QED) is 0.418. The Hall–Kier alpha value is -2.24. The largest absolute Gasteiger partial charge is 0.340 e. The molecule has 2 amide bonds. The molecule has 8 nitrogen and oxygen atoms in total. The van der Waals surface area contributed by atoms with Crippen LogP contribution in [0.15, 0.2) is 42.5 Å². The van der Waals surface area contributed by atoms with Gasteiger partial charge in [0, 0.05) is 43.7 Å². The molecular weight excluding hydrogens is 554 g/mol. The van der Waals surface area contributed by atoms with Crippen LogP contribution in [0.25, 0.3) is 0 Å². The highest BCUT2D eigenvalue weighted by atomic mass is 35.5. The third-order valence-corrected chi connectivity index (χ3v) is 9.01. The van der Waals surface area contributed by atoms with Crippen molar-refractivity contribution in [2.75, 3.05) is 39.0 Å². The average Bonchev–Trinajstić information content (AvgIpc) is 3.66. The Morgan fingerprint density at radius 1 is 1.05 bits per heavy atom. The highest BCUT2D eigenvalue weighted by molar-refractivity contribution is 7.88. The van der Waals surface area contributed by atoms with Gasteiger partial charge in [-0.3, -0.25) is 9.59 Å².